The fourth-order valence-corrected chi connectivity index (χ4v) is 5.22. The molecule has 0 bridgehead atoms. The lowest BCUT2D eigenvalue weighted by molar-refractivity contribution is -0.133. The van der Waals surface area contributed by atoms with Crippen molar-refractivity contribution in [1.29, 1.82) is 0 Å². The number of nitrogens with one attached hydrogen (secondary N) is 2. The molecular formula is C24H27N5O3S. The lowest BCUT2D eigenvalue weighted by Gasteiger charge is -2.42. The van der Waals surface area contributed by atoms with Crippen molar-refractivity contribution in [1.82, 2.24) is 20.5 Å². The van der Waals surface area contributed by atoms with Gasteiger partial charge < -0.3 is 15.4 Å². The van der Waals surface area contributed by atoms with Gasteiger partial charge in [0.1, 0.15) is 5.60 Å². The average molecular weight is 466 g/mol. The van der Waals surface area contributed by atoms with Gasteiger partial charge in [0.05, 0.1) is 11.5 Å². The Kier molecular flexibility index (Phi) is 5.99. The van der Waals surface area contributed by atoms with E-state index in [2.05, 4.69) is 43.9 Å². The summed E-state index contributed by atoms with van der Waals surface area (Å²) in [5, 5.41) is 8.79. The number of fused-ring (bicyclic) bond motifs is 1. The molecule has 2 aliphatic rings. The monoisotopic (exact) mass is 465 g/mol. The highest BCUT2D eigenvalue weighted by Gasteiger charge is 2.54. The standard InChI is InChI=1S/C24H27N5O3S/c1-6-7-15-8-16(11-25-10-15)17-9-19(33-13-17)24-14-26-12-18(24)20(30)29(5)21(28-24)27-22(31)32-23(2,3)4/h8-11,13,18,26H,12,14H2,1-5H3,(H,27,28,31)/t18?,24-/m0/s1. The number of hydrogen-bond donors (Lipinski definition) is 2. The van der Waals surface area contributed by atoms with E-state index in [0.29, 0.717) is 13.1 Å². The quantitative estimate of drug-likeness (QED) is 0.662. The Morgan fingerprint density at radius 3 is 2.85 bits per heavy atom. The molecule has 0 aliphatic carbocycles. The molecule has 172 valence electrons. The largest absolute Gasteiger partial charge is 0.442 e. The van der Waals surface area contributed by atoms with Crippen LogP contribution in [0.4, 0.5) is 4.79 Å². The van der Waals surface area contributed by atoms with Gasteiger partial charge in [-0.1, -0.05) is 5.92 Å². The summed E-state index contributed by atoms with van der Waals surface area (Å²) in [6, 6.07) is 4.07. The van der Waals surface area contributed by atoms with E-state index < -0.39 is 17.2 Å². The van der Waals surface area contributed by atoms with Crippen LogP contribution in [0, 0.1) is 17.8 Å². The van der Waals surface area contributed by atoms with Gasteiger partial charge in [0.2, 0.25) is 11.9 Å². The maximum atomic E-state index is 13.2. The number of aromatic nitrogens is 1. The van der Waals surface area contributed by atoms with E-state index in [0.717, 1.165) is 21.6 Å². The Morgan fingerprint density at radius 2 is 2.12 bits per heavy atom. The minimum Gasteiger partial charge on any atom is -0.442 e. The Hall–Kier alpha value is -3.22. The number of pyridine rings is 1. The average Bonchev–Trinajstić information content (AvgIpc) is 3.39. The van der Waals surface area contributed by atoms with E-state index in [1.807, 2.05) is 6.07 Å². The summed E-state index contributed by atoms with van der Waals surface area (Å²) in [4.78, 5) is 36.4. The van der Waals surface area contributed by atoms with Gasteiger partial charge in [-0.05, 0) is 50.8 Å². The van der Waals surface area contributed by atoms with Gasteiger partial charge in [0.15, 0.2) is 0 Å². The Morgan fingerprint density at radius 1 is 1.33 bits per heavy atom. The van der Waals surface area contributed by atoms with E-state index in [1.165, 1.54) is 4.90 Å². The molecular weight excluding hydrogens is 438 g/mol. The van der Waals surface area contributed by atoms with E-state index >= 15 is 0 Å². The van der Waals surface area contributed by atoms with Gasteiger partial charge in [-0.15, -0.1) is 22.2 Å². The fourth-order valence-electron chi connectivity index (χ4n) is 4.09. The smallest absolute Gasteiger partial charge is 0.437 e. The number of aliphatic imine (C=N–C) groups is 1. The molecule has 4 rings (SSSR count). The first-order chi connectivity index (χ1) is 15.6. The van der Waals surface area contributed by atoms with Gasteiger partial charge >= 0.3 is 6.09 Å². The topological polar surface area (TPSA) is 95.9 Å². The Balaban J connectivity index is 1.70. The molecule has 4 heterocycles. The second-order valence-electron chi connectivity index (χ2n) is 9.13. The van der Waals surface area contributed by atoms with Gasteiger partial charge in [-0.3, -0.25) is 14.7 Å². The van der Waals surface area contributed by atoms with Crippen LogP contribution < -0.4 is 10.6 Å². The van der Waals surface area contributed by atoms with Crippen molar-refractivity contribution in [3.63, 3.8) is 0 Å². The van der Waals surface area contributed by atoms with Crippen LogP contribution in [-0.4, -0.2) is 53.6 Å². The first-order valence-electron chi connectivity index (χ1n) is 10.7. The van der Waals surface area contributed by atoms with Crippen LogP contribution in [0.25, 0.3) is 11.1 Å². The first-order valence-corrected chi connectivity index (χ1v) is 11.6. The molecule has 2 aromatic rings. The van der Waals surface area contributed by atoms with Crippen molar-refractivity contribution in [3.8, 4) is 23.0 Å². The molecule has 2 N–H and O–H groups in total. The number of carbonyl (C=O) groups excluding carboxylic acids is 2. The molecule has 2 aromatic heterocycles. The van der Waals surface area contributed by atoms with Crippen molar-refractivity contribution in [2.45, 2.75) is 38.8 Å². The fraction of sp³-hybridized carbons (Fsp3) is 0.417. The van der Waals surface area contributed by atoms with Crippen LogP contribution in [-0.2, 0) is 15.1 Å². The van der Waals surface area contributed by atoms with Gasteiger partial charge in [-0.2, -0.15) is 0 Å². The van der Waals surface area contributed by atoms with E-state index in [-0.39, 0.29) is 17.8 Å². The minimum absolute atomic E-state index is 0.0992. The van der Waals surface area contributed by atoms with Crippen molar-refractivity contribution in [2.75, 3.05) is 20.1 Å². The zero-order chi connectivity index (χ0) is 23.8. The van der Waals surface area contributed by atoms with E-state index in [4.69, 9.17) is 4.74 Å². The van der Waals surface area contributed by atoms with Gasteiger partial charge in [0, 0.05) is 48.5 Å². The summed E-state index contributed by atoms with van der Waals surface area (Å²) < 4.78 is 5.33. The van der Waals surface area contributed by atoms with E-state index in [9.17, 15) is 9.59 Å². The minimum atomic E-state index is -0.740. The van der Waals surface area contributed by atoms with Crippen LogP contribution in [0.15, 0.2) is 34.9 Å². The second-order valence-corrected chi connectivity index (χ2v) is 10.0. The number of carbonyl (C=O) groups is 2. The summed E-state index contributed by atoms with van der Waals surface area (Å²) >= 11 is 1.56. The van der Waals surface area contributed by atoms with Crippen LogP contribution >= 0.6 is 11.3 Å². The number of amides is 2. The predicted molar refractivity (Wildman–Crippen MR) is 128 cm³/mol. The molecule has 2 saturated heterocycles. The first kappa shape index (κ1) is 23.0. The third-order valence-electron chi connectivity index (χ3n) is 5.60. The summed E-state index contributed by atoms with van der Waals surface area (Å²) in [5.74, 6) is 5.68. The number of thiophene rings is 1. The third-order valence-corrected chi connectivity index (χ3v) is 6.71. The van der Waals surface area contributed by atoms with Crippen molar-refractivity contribution in [2.24, 2.45) is 10.9 Å². The highest BCUT2D eigenvalue weighted by Crippen LogP contribution is 2.41. The number of ether oxygens (including phenoxy) is 1. The van der Waals surface area contributed by atoms with Crippen molar-refractivity contribution < 1.29 is 14.3 Å². The number of hydrogen-bond acceptors (Lipinski definition) is 6. The molecule has 33 heavy (non-hydrogen) atoms. The lowest BCUT2D eigenvalue weighted by atomic mass is 9.82. The van der Waals surface area contributed by atoms with Crippen molar-refractivity contribution >= 4 is 29.3 Å². The summed E-state index contributed by atoms with van der Waals surface area (Å²) in [7, 11) is 1.62. The van der Waals surface area contributed by atoms with Crippen molar-refractivity contribution in [3.05, 3.63) is 40.3 Å². The molecule has 0 spiro atoms. The number of guanidine groups is 1. The Bertz CT molecular complexity index is 1190. The molecule has 9 heteroatoms. The predicted octanol–water partition coefficient (Wildman–Crippen LogP) is 2.95. The molecule has 2 amide bonds. The van der Waals surface area contributed by atoms with E-state index in [1.54, 1.807) is 58.5 Å². The SMILES string of the molecule is CC#Cc1cncc(-c2csc([C@]34CNCC3C(=O)N(C)/C(=N/C(=O)OC(C)(C)C)N4)c2)c1. The van der Waals surface area contributed by atoms with Crippen LogP contribution in [0.2, 0.25) is 0 Å². The third kappa shape index (κ3) is 4.49. The normalized spacial score (nSPS) is 23.5. The molecule has 0 aromatic carbocycles. The molecule has 1 unspecified atom stereocenters. The maximum Gasteiger partial charge on any atom is 0.437 e. The highest BCUT2D eigenvalue weighted by molar-refractivity contribution is 7.10. The highest BCUT2D eigenvalue weighted by atomic mass is 32.1. The molecule has 2 atom stereocenters. The molecule has 2 fully saturated rings. The summed E-state index contributed by atoms with van der Waals surface area (Å²) in [5.41, 5.74) is 1.42. The molecule has 2 aliphatic heterocycles. The number of nitrogens with zero attached hydrogens (tertiary/aromatic N) is 3. The summed E-state index contributed by atoms with van der Waals surface area (Å²) in [6.45, 7) is 8.18. The van der Waals surface area contributed by atoms with Crippen LogP contribution in [0.1, 0.15) is 38.1 Å². The number of rotatable bonds is 2. The molecule has 8 nitrogen and oxygen atoms in total. The van der Waals surface area contributed by atoms with Crippen LogP contribution in [0.5, 0.6) is 0 Å². The van der Waals surface area contributed by atoms with Gasteiger partial charge in [-0.25, -0.2) is 4.79 Å². The van der Waals surface area contributed by atoms with Gasteiger partial charge in [0.25, 0.3) is 0 Å². The maximum absolute atomic E-state index is 13.2. The Labute approximate surface area is 197 Å². The second kappa shape index (κ2) is 8.61. The zero-order valence-corrected chi connectivity index (χ0v) is 20.2. The zero-order valence-electron chi connectivity index (χ0n) is 19.4. The molecule has 0 radical (unpaired) electrons. The lowest BCUT2D eigenvalue weighted by Crippen LogP contribution is -2.65. The van der Waals surface area contributed by atoms with Crippen LogP contribution in [0.3, 0.4) is 0 Å². The molecule has 0 saturated carbocycles. The summed E-state index contributed by atoms with van der Waals surface area (Å²) in [6.07, 6.45) is 2.80.